The highest BCUT2D eigenvalue weighted by Gasteiger charge is 2.17. The number of rotatable bonds is 7. The maximum atomic E-state index is 11.2. The van der Waals surface area contributed by atoms with Gasteiger partial charge in [0.25, 0.3) is 0 Å². The summed E-state index contributed by atoms with van der Waals surface area (Å²) in [6.07, 6.45) is 9.21. The van der Waals surface area contributed by atoms with Crippen LogP contribution in [0.5, 0.6) is 0 Å². The van der Waals surface area contributed by atoms with Gasteiger partial charge < -0.3 is 15.0 Å². The highest BCUT2D eigenvalue weighted by molar-refractivity contribution is 4.60. The lowest BCUT2D eigenvalue weighted by Crippen LogP contribution is -3.10. The Labute approximate surface area is 93.4 Å². The summed E-state index contributed by atoms with van der Waals surface area (Å²) >= 11 is 0. The number of morpholine rings is 1. The molecule has 0 saturated carbocycles. The Hall–Kier alpha value is -0.120. The van der Waals surface area contributed by atoms with Crippen molar-refractivity contribution in [3.05, 3.63) is 5.21 Å². The van der Waals surface area contributed by atoms with Crippen molar-refractivity contribution >= 4 is 0 Å². The lowest BCUT2D eigenvalue weighted by Gasteiger charge is -2.32. The van der Waals surface area contributed by atoms with Crippen molar-refractivity contribution in [3.8, 4) is 0 Å². The maximum absolute atomic E-state index is 11.2. The molecule has 1 fully saturated rings. The van der Waals surface area contributed by atoms with Crippen molar-refractivity contribution in [2.24, 2.45) is 0 Å². The van der Waals surface area contributed by atoms with Gasteiger partial charge in [-0.05, 0) is 6.42 Å². The van der Waals surface area contributed by atoms with Gasteiger partial charge in [0.05, 0.1) is 6.61 Å². The van der Waals surface area contributed by atoms with Crippen molar-refractivity contribution in [1.29, 1.82) is 0 Å². The highest BCUT2D eigenvalue weighted by Crippen LogP contribution is 2.10. The van der Waals surface area contributed by atoms with Crippen LogP contribution < -0.4 is 5.06 Å². The molecule has 0 spiro atoms. The Bertz CT molecular complexity index is 153. The van der Waals surface area contributed by atoms with Crippen molar-refractivity contribution in [2.75, 3.05) is 19.7 Å². The van der Waals surface area contributed by atoms with Crippen molar-refractivity contribution in [3.63, 3.8) is 0 Å². The number of hydroxylamine groups is 2. The third kappa shape index (κ3) is 6.13. The van der Waals surface area contributed by atoms with E-state index in [1.54, 1.807) is 0 Å². The van der Waals surface area contributed by atoms with Gasteiger partial charge in [0, 0.05) is 0 Å². The summed E-state index contributed by atoms with van der Waals surface area (Å²) in [4.78, 5) is 0. The van der Waals surface area contributed by atoms with Crippen LogP contribution in [0.2, 0.25) is 0 Å². The second-order valence-corrected chi connectivity index (χ2v) is 4.54. The van der Waals surface area contributed by atoms with Gasteiger partial charge >= 0.3 is 0 Å². The average Bonchev–Trinajstić information content (AvgIpc) is 2.23. The number of hydrogen-bond donors (Lipinski definition) is 1. The van der Waals surface area contributed by atoms with Crippen molar-refractivity contribution < 1.29 is 9.80 Å². The third-order valence-electron chi connectivity index (χ3n) is 3.07. The van der Waals surface area contributed by atoms with Gasteiger partial charge in [0.2, 0.25) is 0 Å². The third-order valence-corrected chi connectivity index (χ3v) is 3.07. The number of hydrogen-bond acceptors (Lipinski definition) is 2. The van der Waals surface area contributed by atoms with Crippen LogP contribution in [0.25, 0.3) is 0 Å². The summed E-state index contributed by atoms with van der Waals surface area (Å²) < 4.78 is 5.56. The molecule has 0 bridgehead atoms. The molecule has 3 heteroatoms. The normalized spacial score (nSPS) is 26.8. The molecule has 0 radical (unpaired) electrons. The molecule has 2 atom stereocenters. The largest absolute Gasteiger partial charge is 0.634 e. The summed E-state index contributed by atoms with van der Waals surface area (Å²) in [6.45, 7) is 4.18. The molecule has 0 aliphatic carbocycles. The fourth-order valence-electron chi connectivity index (χ4n) is 2.09. The molecule has 0 aromatic rings. The first kappa shape index (κ1) is 12.9. The highest BCUT2D eigenvalue weighted by atomic mass is 16.5. The molecule has 0 amide bonds. The summed E-state index contributed by atoms with van der Waals surface area (Å²) in [5.74, 6) is 0. The molecule has 3 nitrogen and oxygen atoms in total. The van der Waals surface area contributed by atoms with Crippen molar-refractivity contribution in [1.82, 2.24) is 0 Å². The van der Waals surface area contributed by atoms with E-state index in [0.717, 1.165) is 6.42 Å². The fourth-order valence-corrected chi connectivity index (χ4v) is 2.09. The smallest absolute Gasteiger partial charge is 0.107 e. The van der Waals surface area contributed by atoms with Gasteiger partial charge in [-0.1, -0.05) is 45.4 Å². The Balaban J connectivity index is 1.90. The van der Waals surface area contributed by atoms with Crippen LogP contribution in [0.15, 0.2) is 0 Å². The first-order valence-electron chi connectivity index (χ1n) is 6.46. The molecule has 15 heavy (non-hydrogen) atoms. The molecule has 1 saturated heterocycles. The van der Waals surface area contributed by atoms with E-state index in [2.05, 4.69) is 6.92 Å². The minimum Gasteiger partial charge on any atom is -0.634 e. The minimum absolute atomic E-state index is 0.234. The second-order valence-electron chi connectivity index (χ2n) is 4.54. The zero-order valence-electron chi connectivity index (χ0n) is 9.96. The SMILES string of the molecule is CCCCCCCCC1C[NH+]([O-])CCO1. The van der Waals surface area contributed by atoms with Crippen LogP contribution in [-0.4, -0.2) is 25.8 Å². The second kappa shape index (κ2) is 8.08. The minimum atomic E-state index is 0.234. The van der Waals surface area contributed by atoms with E-state index < -0.39 is 0 Å². The summed E-state index contributed by atoms with van der Waals surface area (Å²) in [5.41, 5.74) is 0. The van der Waals surface area contributed by atoms with Gasteiger partial charge in [-0.2, -0.15) is 0 Å². The summed E-state index contributed by atoms with van der Waals surface area (Å²) in [6, 6.07) is 0. The Morgan fingerprint density at radius 2 is 1.93 bits per heavy atom. The van der Waals surface area contributed by atoms with Gasteiger partial charge in [0.15, 0.2) is 0 Å². The Morgan fingerprint density at radius 1 is 1.20 bits per heavy atom. The van der Waals surface area contributed by atoms with E-state index in [9.17, 15) is 5.21 Å². The maximum Gasteiger partial charge on any atom is 0.107 e. The number of quaternary nitrogens is 1. The van der Waals surface area contributed by atoms with Crippen molar-refractivity contribution in [2.45, 2.75) is 58.0 Å². The predicted octanol–water partition coefficient (Wildman–Crippen LogP) is 1.52. The molecular weight excluding hydrogens is 190 g/mol. The molecule has 1 N–H and O–H groups in total. The predicted molar refractivity (Wildman–Crippen MR) is 61.8 cm³/mol. The van der Waals surface area contributed by atoms with E-state index >= 15 is 0 Å². The number of unbranched alkanes of at least 4 members (excludes halogenated alkanes) is 5. The zero-order valence-corrected chi connectivity index (χ0v) is 9.96. The molecular formula is C12H25NO2. The molecule has 1 aliphatic rings. The summed E-state index contributed by atoms with van der Waals surface area (Å²) in [5, 5.41) is 11.6. The average molecular weight is 215 g/mol. The van der Waals surface area contributed by atoms with Gasteiger partial charge in [0.1, 0.15) is 19.2 Å². The number of nitrogens with one attached hydrogen (secondary N) is 1. The van der Waals surface area contributed by atoms with E-state index in [-0.39, 0.29) is 6.10 Å². The number of ether oxygens (including phenoxy) is 1. The van der Waals surface area contributed by atoms with Crippen LogP contribution in [-0.2, 0) is 4.74 Å². The van der Waals surface area contributed by atoms with Gasteiger partial charge in [-0.25, -0.2) is 0 Å². The fraction of sp³-hybridized carbons (Fsp3) is 1.00. The molecule has 0 aromatic carbocycles. The zero-order chi connectivity index (χ0) is 10.9. The first-order chi connectivity index (χ1) is 7.33. The lowest BCUT2D eigenvalue weighted by molar-refractivity contribution is -0.861. The van der Waals surface area contributed by atoms with E-state index in [4.69, 9.17) is 4.74 Å². The van der Waals surface area contributed by atoms with E-state index in [1.807, 2.05) is 0 Å². The van der Waals surface area contributed by atoms with Gasteiger partial charge in [-0.3, -0.25) is 0 Å². The summed E-state index contributed by atoms with van der Waals surface area (Å²) in [7, 11) is 0. The van der Waals surface area contributed by atoms with E-state index in [1.165, 1.54) is 38.5 Å². The van der Waals surface area contributed by atoms with Crippen LogP contribution in [0.4, 0.5) is 0 Å². The molecule has 0 aromatic heterocycles. The molecule has 1 aliphatic heterocycles. The monoisotopic (exact) mass is 215 g/mol. The van der Waals surface area contributed by atoms with Crippen LogP contribution in [0, 0.1) is 5.21 Å². The lowest BCUT2D eigenvalue weighted by atomic mass is 10.1. The Morgan fingerprint density at radius 3 is 2.67 bits per heavy atom. The molecule has 2 unspecified atom stereocenters. The van der Waals surface area contributed by atoms with Crippen LogP contribution in [0.1, 0.15) is 51.9 Å². The quantitative estimate of drug-likeness (QED) is 0.516. The Kier molecular flexibility index (Phi) is 6.98. The molecule has 1 heterocycles. The molecule has 90 valence electrons. The topological polar surface area (TPSA) is 36.7 Å². The molecule has 1 rings (SSSR count). The first-order valence-corrected chi connectivity index (χ1v) is 6.46. The van der Waals surface area contributed by atoms with E-state index in [0.29, 0.717) is 24.8 Å². The van der Waals surface area contributed by atoms with Crippen LogP contribution in [0.3, 0.4) is 0 Å². The van der Waals surface area contributed by atoms with Crippen LogP contribution >= 0.6 is 0 Å². The standard InChI is InChI=1S/C12H25NO2/c1-2-3-4-5-6-7-8-12-11-13(14)9-10-15-12/h12-13H,2-11H2,1H3. The van der Waals surface area contributed by atoms with Gasteiger partial charge in [-0.15, -0.1) is 0 Å².